The second-order valence-electron chi connectivity index (χ2n) is 6.76. The van der Waals surface area contributed by atoms with E-state index in [1.807, 2.05) is 31.2 Å². The maximum absolute atomic E-state index is 12.0. The SMILES string of the molecule is CCCc1ccc(C)n1CCOc1ccc(CC(OCC)C(=O)OCC)cc1. The standard InChI is InChI=1S/C23H33NO4/c1-5-8-20-12-9-18(4)24(20)15-16-28-21-13-10-19(11-14-21)17-22(26-6-2)23(25)27-7-3/h9-14,22H,5-8,15-17H2,1-4H3. The number of ether oxygens (including phenoxy) is 3. The van der Waals surface area contributed by atoms with Crippen molar-refractivity contribution in [2.24, 2.45) is 0 Å². The summed E-state index contributed by atoms with van der Waals surface area (Å²) in [6.45, 7) is 10.3. The number of benzene rings is 1. The summed E-state index contributed by atoms with van der Waals surface area (Å²) in [6, 6.07) is 12.2. The third-order valence-electron chi connectivity index (χ3n) is 4.64. The minimum Gasteiger partial charge on any atom is -0.492 e. The molecular formula is C23H33NO4. The van der Waals surface area contributed by atoms with E-state index in [4.69, 9.17) is 14.2 Å². The first-order valence-electron chi connectivity index (χ1n) is 10.2. The fourth-order valence-corrected chi connectivity index (χ4v) is 3.25. The quantitative estimate of drug-likeness (QED) is 0.509. The lowest BCUT2D eigenvalue weighted by Crippen LogP contribution is -2.28. The van der Waals surface area contributed by atoms with Crippen molar-refractivity contribution in [2.45, 2.75) is 59.6 Å². The number of carbonyl (C=O) groups is 1. The van der Waals surface area contributed by atoms with Gasteiger partial charge < -0.3 is 18.8 Å². The smallest absolute Gasteiger partial charge is 0.335 e. The molecule has 0 N–H and O–H groups in total. The van der Waals surface area contributed by atoms with Gasteiger partial charge in [-0.05, 0) is 57.0 Å². The third kappa shape index (κ3) is 6.41. The zero-order valence-corrected chi connectivity index (χ0v) is 17.6. The molecule has 154 valence electrons. The number of aryl methyl sites for hydroxylation is 2. The van der Waals surface area contributed by atoms with Gasteiger partial charge in [0.2, 0.25) is 0 Å². The molecule has 5 nitrogen and oxygen atoms in total. The Kier molecular flexibility index (Phi) is 9.08. The largest absolute Gasteiger partial charge is 0.492 e. The van der Waals surface area contributed by atoms with E-state index < -0.39 is 6.10 Å². The van der Waals surface area contributed by atoms with Gasteiger partial charge in [-0.2, -0.15) is 0 Å². The van der Waals surface area contributed by atoms with Crippen LogP contribution in [0.25, 0.3) is 0 Å². The van der Waals surface area contributed by atoms with E-state index in [9.17, 15) is 4.79 Å². The van der Waals surface area contributed by atoms with Crippen LogP contribution in [0, 0.1) is 6.92 Å². The predicted octanol–water partition coefficient (Wildman–Crippen LogP) is 4.34. The molecule has 28 heavy (non-hydrogen) atoms. The van der Waals surface area contributed by atoms with E-state index in [-0.39, 0.29) is 5.97 Å². The number of nitrogens with zero attached hydrogens (tertiary/aromatic N) is 1. The van der Waals surface area contributed by atoms with Crippen molar-refractivity contribution >= 4 is 5.97 Å². The van der Waals surface area contributed by atoms with Crippen molar-refractivity contribution in [3.8, 4) is 5.75 Å². The highest BCUT2D eigenvalue weighted by Gasteiger charge is 2.20. The zero-order valence-electron chi connectivity index (χ0n) is 17.6. The Bertz CT molecular complexity index is 721. The molecule has 1 aromatic heterocycles. The van der Waals surface area contributed by atoms with E-state index in [0.717, 1.165) is 30.7 Å². The van der Waals surface area contributed by atoms with Gasteiger partial charge in [-0.15, -0.1) is 0 Å². The number of esters is 1. The first kappa shape index (κ1) is 22.0. The molecule has 2 rings (SSSR count). The normalized spacial score (nSPS) is 12.0. The predicted molar refractivity (Wildman–Crippen MR) is 111 cm³/mol. The number of hydrogen-bond donors (Lipinski definition) is 0. The highest BCUT2D eigenvalue weighted by molar-refractivity contribution is 5.75. The van der Waals surface area contributed by atoms with E-state index in [0.29, 0.717) is 26.2 Å². The molecule has 0 fully saturated rings. The molecule has 0 bridgehead atoms. The van der Waals surface area contributed by atoms with Gasteiger partial charge in [0.1, 0.15) is 12.4 Å². The topological polar surface area (TPSA) is 49.7 Å². The van der Waals surface area contributed by atoms with Crippen LogP contribution < -0.4 is 4.74 Å². The Balaban J connectivity index is 1.88. The van der Waals surface area contributed by atoms with Crippen LogP contribution in [0.1, 0.15) is 44.1 Å². The molecule has 0 aliphatic carbocycles. The summed E-state index contributed by atoms with van der Waals surface area (Å²) in [5.41, 5.74) is 3.65. The summed E-state index contributed by atoms with van der Waals surface area (Å²) < 4.78 is 18.9. The molecule has 5 heteroatoms. The van der Waals surface area contributed by atoms with Crippen molar-refractivity contribution in [1.29, 1.82) is 0 Å². The summed E-state index contributed by atoms with van der Waals surface area (Å²) in [7, 11) is 0. The summed E-state index contributed by atoms with van der Waals surface area (Å²) >= 11 is 0. The molecule has 0 amide bonds. The van der Waals surface area contributed by atoms with E-state index in [1.165, 1.54) is 11.4 Å². The molecule has 0 saturated heterocycles. The number of rotatable bonds is 12. The fourth-order valence-electron chi connectivity index (χ4n) is 3.25. The van der Waals surface area contributed by atoms with E-state index in [1.54, 1.807) is 6.92 Å². The molecule has 1 unspecified atom stereocenters. The lowest BCUT2D eigenvalue weighted by atomic mass is 10.1. The highest BCUT2D eigenvalue weighted by Crippen LogP contribution is 2.16. The second-order valence-corrected chi connectivity index (χ2v) is 6.76. The molecule has 1 aromatic carbocycles. The molecular weight excluding hydrogens is 354 g/mol. The zero-order chi connectivity index (χ0) is 20.4. The van der Waals surface area contributed by atoms with Crippen LogP contribution in [0.2, 0.25) is 0 Å². The number of hydrogen-bond acceptors (Lipinski definition) is 4. The molecule has 2 aromatic rings. The Morgan fingerprint density at radius 3 is 2.43 bits per heavy atom. The molecule has 0 saturated carbocycles. The lowest BCUT2D eigenvalue weighted by Gasteiger charge is -2.16. The van der Waals surface area contributed by atoms with Gasteiger partial charge in [0, 0.05) is 24.4 Å². The van der Waals surface area contributed by atoms with Gasteiger partial charge in [0.05, 0.1) is 13.2 Å². The lowest BCUT2D eigenvalue weighted by molar-refractivity contribution is -0.156. The highest BCUT2D eigenvalue weighted by atomic mass is 16.6. The maximum atomic E-state index is 12.0. The van der Waals surface area contributed by atoms with Gasteiger partial charge in [-0.25, -0.2) is 4.79 Å². The van der Waals surface area contributed by atoms with Gasteiger partial charge in [0.15, 0.2) is 6.10 Å². The van der Waals surface area contributed by atoms with Crippen molar-refractivity contribution in [3.63, 3.8) is 0 Å². The minimum atomic E-state index is -0.564. The number of carbonyl (C=O) groups excluding carboxylic acids is 1. The summed E-state index contributed by atoms with van der Waals surface area (Å²) in [5, 5.41) is 0. The average Bonchev–Trinajstić information content (AvgIpc) is 3.03. The second kappa shape index (κ2) is 11.5. The Morgan fingerprint density at radius 1 is 1.04 bits per heavy atom. The van der Waals surface area contributed by atoms with Crippen molar-refractivity contribution < 1.29 is 19.0 Å². The van der Waals surface area contributed by atoms with Gasteiger partial charge >= 0.3 is 5.97 Å². The fraction of sp³-hybridized carbons (Fsp3) is 0.522. The molecule has 0 aliphatic heterocycles. The molecule has 0 radical (unpaired) electrons. The van der Waals surface area contributed by atoms with E-state index >= 15 is 0 Å². The van der Waals surface area contributed by atoms with Crippen LogP contribution in [-0.2, 0) is 33.7 Å². The van der Waals surface area contributed by atoms with Crippen molar-refractivity contribution in [1.82, 2.24) is 4.57 Å². The summed E-state index contributed by atoms with van der Waals surface area (Å²) in [6.07, 6.45) is 2.16. The van der Waals surface area contributed by atoms with Crippen LogP contribution in [0.4, 0.5) is 0 Å². The van der Waals surface area contributed by atoms with Crippen LogP contribution in [-0.4, -0.2) is 36.5 Å². The summed E-state index contributed by atoms with van der Waals surface area (Å²) in [4.78, 5) is 12.0. The average molecular weight is 388 g/mol. The first-order chi connectivity index (χ1) is 13.6. The Morgan fingerprint density at radius 2 is 1.79 bits per heavy atom. The van der Waals surface area contributed by atoms with Crippen molar-refractivity contribution in [2.75, 3.05) is 19.8 Å². The van der Waals surface area contributed by atoms with Crippen LogP contribution in [0.5, 0.6) is 5.75 Å². The Labute approximate surface area is 168 Å². The van der Waals surface area contributed by atoms with E-state index in [2.05, 4.69) is 30.5 Å². The Hall–Kier alpha value is -2.27. The maximum Gasteiger partial charge on any atom is 0.335 e. The van der Waals surface area contributed by atoms with Gasteiger partial charge in [0.25, 0.3) is 0 Å². The number of aromatic nitrogens is 1. The monoisotopic (exact) mass is 387 g/mol. The summed E-state index contributed by atoms with van der Waals surface area (Å²) in [5.74, 6) is 0.518. The minimum absolute atomic E-state index is 0.311. The molecule has 1 heterocycles. The van der Waals surface area contributed by atoms with Crippen LogP contribution >= 0.6 is 0 Å². The van der Waals surface area contributed by atoms with Gasteiger partial charge in [-0.1, -0.05) is 25.5 Å². The molecule has 0 spiro atoms. The molecule has 0 aliphatic rings. The van der Waals surface area contributed by atoms with Crippen LogP contribution in [0.15, 0.2) is 36.4 Å². The third-order valence-corrected chi connectivity index (χ3v) is 4.64. The van der Waals surface area contributed by atoms with Crippen LogP contribution in [0.3, 0.4) is 0 Å². The first-order valence-corrected chi connectivity index (χ1v) is 10.2. The van der Waals surface area contributed by atoms with Crippen molar-refractivity contribution in [3.05, 3.63) is 53.3 Å². The van der Waals surface area contributed by atoms with Gasteiger partial charge in [-0.3, -0.25) is 0 Å². The molecule has 1 atom stereocenters.